The zero-order valence-electron chi connectivity index (χ0n) is 13.8. The van der Waals surface area contributed by atoms with Crippen LogP contribution < -0.4 is 10.9 Å². The molecular formula is C18H20FN3O2. The fraction of sp³-hybridized carbons (Fsp3) is 0.389. The molecule has 2 atom stereocenters. The molecule has 2 unspecified atom stereocenters. The van der Waals surface area contributed by atoms with E-state index < -0.39 is 0 Å². The van der Waals surface area contributed by atoms with Crippen LogP contribution in [-0.2, 0) is 24.7 Å². The van der Waals surface area contributed by atoms with Gasteiger partial charge < -0.3 is 5.32 Å². The van der Waals surface area contributed by atoms with Gasteiger partial charge in [-0.3, -0.25) is 9.59 Å². The Morgan fingerprint density at radius 1 is 1.38 bits per heavy atom. The highest BCUT2D eigenvalue weighted by molar-refractivity contribution is 5.79. The van der Waals surface area contributed by atoms with E-state index in [4.69, 9.17) is 0 Å². The van der Waals surface area contributed by atoms with Crippen LogP contribution in [0.15, 0.2) is 35.1 Å². The van der Waals surface area contributed by atoms with E-state index in [1.54, 1.807) is 25.2 Å². The van der Waals surface area contributed by atoms with Gasteiger partial charge in [-0.15, -0.1) is 0 Å². The number of nitrogens with one attached hydrogen (secondary N) is 1. The smallest absolute Gasteiger partial charge is 0.266 e. The van der Waals surface area contributed by atoms with Gasteiger partial charge in [0.2, 0.25) is 5.91 Å². The largest absolute Gasteiger partial charge is 0.349 e. The van der Waals surface area contributed by atoms with Gasteiger partial charge in [-0.2, -0.15) is 5.10 Å². The number of rotatable bonds is 3. The molecule has 5 nitrogen and oxygen atoms in total. The number of fused-ring (bicyclic) bond motifs is 1. The van der Waals surface area contributed by atoms with E-state index in [9.17, 15) is 14.0 Å². The molecule has 2 aromatic rings. The van der Waals surface area contributed by atoms with Crippen molar-refractivity contribution >= 4 is 5.91 Å². The number of hydrogen-bond donors (Lipinski definition) is 1. The summed E-state index contributed by atoms with van der Waals surface area (Å²) >= 11 is 0. The molecule has 0 bridgehead atoms. The summed E-state index contributed by atoms with van der Waals surface area (Å²) in [4.78, 5) is 24.2. The van der Waals surface area contributed by atoms with Crippen LogP contribution in [-0.4, -0.2) is 15.7 Å². The Kier molecular flexibility index (Phi) is 4.46. The number of carbonyl (C=O) groups is 1. The van der Waals surface area contributed by atoms with Crippen molar-refractivity contribution in [1.29, 1.82) is 0 Å². The van der Waals surface area contributed by atoms with E-state index in [2.05, 4.69) is 10.4 Å². The van der Waals surface area contributed by atoms with Crippen LogP contribution in [0, 0.1) is 11.7 Å². The van der Waals surface area contributed by atoms with Gasteiger partial charge in [0.25, 0.3) is 5.56 Å². The van der Waals surface area contributed by atoms with E-state index in [1.165, 1.54) is 16.8 Å². The van der Waals surface area contributed by atoms with Crippen LogP contribution in [0.4, 0.5) is 4.39 Å². The zero-order chi connectivity index (χ0) is 17.3. The first-order valence-electron chi connectivity index (χ1n) is 8.06. The topological polar surface area (TPSA) is 64.0 Å². The number of carbonyl (C=O) groups excluding carboxylic acids is 1. The van der Waals surface area contributed by atoms with Crippen molar-refractivity contribution in [3.05, 3.63) is 63.3 Å². The average molecular weight is 329 g/mol. The molecular weight excluding hydrogens is 309 g/mol. The quantitative estimate of drug-likeness (QED) is 0.935. The summed E-state index contributed by atoms with van der Waals surface area (Å²) in [5.41, 5.74) is 2.46. The SMILES string of the molecule is CC(NC(=O)C1CCc2nn(C)c(=O)cc2C1)c1ccc(F)cc1. The van der Waals surface area contributed by atoms with E-state index in [0.29, 0.717) is 19.3 Å². The first kappa shape index (κ1) is 16.4. The predicted molar refractivity (Wildman–Crippen MR) is 88.0 cm³/mol. The third kappa shape index (κ3) is 3.37. The summed E-state index contributed by atoms with van der Waals surface area (Å²) in [6, 6.07) is 7.49. The second kappa shape index (κ2) is 6.55. The van der Waals surface area contributed by atoms with Crippen molar-refractivity contribution in [2.45, 2.75) is 32.2 Å². The minimum absolute atomic E-state index is 0.0434. The maximum Gasteiger partial charge on any atom is 0.266 e. The van der Waals surface area contributed by atoms with Gasteiger partial charge in [0.1, 0.15) is 5.82 Å². The number of amides is 1. The first-order chi connectivity index (χ1) is 11.4. The molecule has 1 aromatic carbocycles. The van der Waals surface area contributed by atoms with Crippen LogP contribution in [0.5, 0.6) is 0 Å². The molecule has 126 valence electrons. The first-order valence-corrected chi connectivity index (χ1v) is 8.06. The fourth-order valence-corrected chi connectivity index (χ4v) is 3.08. The lowest BCUT2D eigenvalue weighted by Gasteiger charge is -2.25. The molecule has 0 fully saturated rings. The molecule has 0 radical (unpaired) electrons. The van der Waals surface area contributed by atoms with Gasteiger partial charge in [0, 0.05) is 19.0 Å². The third-order valence-corrected chi connectivity index (χ3v) is 4.55. The molecule has 0 saturated carbocycles. The number of aromatic nitrogens is 2. The maximum atomic E-state index is 13.0. The number of aryl methyl sites for hydroxylation is 2. The van der Waals surface area contributed by atoms with E-state index in [-0.39, 0.29) is 29.2 Å². The molecule has 0 saturated heterocycles. The summed E-state index contributed by atoms with van der Waals surface area (Å²) in [7, 11) is 1.63. The van der Waals surface area contributed by atoms with Crippen LogP contribution in [0.25, 0.3) is 0 Å². The van der Waals surface area contributed by atoms with Crippen LogP contribution in [0.1, 0.15) is 36.2 Å². The molecule has 1 aromatic heterocycles. The zero-order valence-corrected chi connectivity index (χ0v) is 13.8. The van der Waals surface area contributed by atoms with Gasteiger partial charge in [-0.1, -0.05) is 12.1 Å². The summed E-state index contributed by atoms with van der Waals surface area (Å²) in [5.74, 6) is -0.511. The van der Waals surface area contributed by atoms with E-state index in [1.807, 2.05) is 6.92 Å². The molecule has 1 aliphatic rings. The highest BCUT2D eigenvalue weighted by atomic mass is 19.1. The van der Waals surface area contributed by atoms with Crippen molar-refractivity contribution in [1.82, 2.24) is 15.1 Å². The van der Waals surface area contributed by atoms with Crippen molar-refractivity contribution in [2.24, 2.45) is 13.0 Å². The van der Waals surface area contributed by atoms with E-state index in [0.717, 1.165) is 16.8 Å². The van der Waals surface area contributed by atoms with Crippen LogP contribution in [0.2, 0.25) is 0 Å². The summed E-state index contributed by atoms with van der Waals surface area (Å²) in [6.07, 6.45) is 1.92. The average Bonchev–Trinajstić information content (AvgIpc) is 2.56. The van der Waals surface area contributed by atoms with Gasteiger partial charge in [0.15, 0.2) is 0 Å². The Morgan fingerprint density at radius 2 is 2.08 bits per heavy atom. The van der Waals surface area contributed by atoms with Gasteiger partial charge in [-0.25, -0.2) is 9.07 Å². The number of halogens is 1. The molecule has 0 spiro atoms. The van der Waals surface area contributed by atoms with Gasteiger partial charge >= 0.3 is 0 Å². The third-order valence-electron chi connectivity index (χ3n) is 4.55. The van der Waals surface area contributed by atoms with Gasteiger partial charge in [0.05, 0.1) is 11.7 Å². The van der Waals surface area contributed by atoms with Crippen LogP contribution in [0.3, 0.4) is 0 Å². The Morgan fingerprint density at radius 3 is 2.79 bits per heavy atom. The predicted octanol–water partition coefficient (Wildman–Crippen LogP) is 1.90. The lowest BCUT2D eigenvalue weighted by molar-refractivity contribution is -0.126. The van der Waals surface area contributed by atoms with Crippen molar-refractivity contribution in [3.8, 4) is 0 Å². The fourth-order valence-electron chi connectivity index (χ4n) is 3.08. The molecule has 1 aliphatic carbocycles. The van der Waals surface area contributed by atoms with Gasteiger partial charge in [-0.05, 0) is 49.4 Å². The van der Waals surface area contributed by atoms with Crippen LogP contribution >= 0.6 is 0 Å². The molecule has 1 N–H and O–H groups in total. The monoisotopic (exact) mass is 329 g/mol. The highest BCUT2D eigenvalue weighted by Crippen LogP contribution is 2.24. The van der Waals surface area contributed by atoms with E-state index >= 15 is 0 Å². The molecule has 3 rings (SSSR count). The number of hydrogen-bond acceptors (Lipinski definition) is 3. The molecule has 6 heteroatoms. The maximum absolute atomic E-state index is 13.0. The van der Waals surface area contributed by atoms with Crippen molar-refractivity contribution < 1.29 is 9.18 Å². The highest BCUT2D eigenvalue weighted by Gasteiger charge is 2.27. The Bertz CT molecular complexity index is 814. The number of benzene rings is 1. The molecule has 0 aliphatic heterocycles. The van der Waals surface area contributed by atoms with Crippen molar-refractivity contribution in [3.63, 3.8) is 0 Å². The second-order valence-corrected chi connectivity index (χ2v) is 6.30. The number of nitrogens with zero attached hydrogens (tertiary/aromatic N) is 2. The molecule has 1 amide bonds. The minimum Gasteiger partial charge on any atom is -0.349 e. The Labute approximate surface area is 139 Å². The molecule has 24 heavy (non-hydrogen) atoms. The summed E-state index contributed by atoms with van der Waals surface area (Å²) in [6.45, 7) is 1.87. The lowest BCUT2D eigenvalue weighted by atomic mass is 9.86. The Hall–Kier alpha value is -2.50. The minimum atomic E-state index is -0.296. The second-order valence-electron chi connectivity index (χ2n) is 6.30. The summed E-state index contributed by atoms with van der Waals surface area (Å²) in [5, 5.41) is 7.24. The van der Waals surface area contributed by atoms with Crippen molar-refractivity contribution in [2.75, 3.05) is 0 Å². The Balaban J connectivity index is 1.68. The molecule has 1 heterocycles. The summed E-state index contributed by atoms with van der Waals surface area (Å²) < 4.78 is 14.3. The lowest BCUT2D eigenvalue weighted by Crippen LogP contribution is -2.36. The normalized spacial score (nSPS) is 17.9. The standard InChI is InChI=1S/C18H20FN3O2/c1-11(12-3-6-15(19)7-4-12)20-18(24)13-5-8-16-14(9-13)10-17(23)22(2)21-16/h3-4,6-7,10-11,13H,5,8-9H2,1-2H3,(H,20,24).